The van der Waals surface area contributed by atoms with Gasteiger partial charge >= 0.3 is 5.97 Å². The largest absolute Gasteiger partial charge is 0.468 e. The van der Waals surface area contributed by atoms with E-state index in [-0.39, 0.29) is 6.54 Å². The van der Waals surface area contributed by atoms with Gasteiger partial charge in [-0.15, -0.1) is 0 Å². The van der Waals surface area contributed by atoms with Gasteiger partial charge in [-0.2, -0.15) is 0 Å². The normalized spacial score (nSPS) is 9.57. The van der Waals surface area contributed by atoms with Gasteiger partial charge in [-0.1, -0.05) is 5.16 Å². The average molecular weight is 198 g/mol. The van der Waals surface area contributed by atoms with Crippen LogP contribution in [0.15, 0.2) is 10.7 Å². The molecule has 0 atom stereocenters. The molecule has 1 N–H and O–H groups in total. The quantitative estimate of drug-likeness (QED) is 0.685. The molecule has 0 fully saturated rings. The molecule has 0 saturated heterocycles. The molecule has 1 aromatic heterocycles. The van der Waals surface area contributed by atoms with Gasteiger partial charge in [0.1, 0.15) is 17.9 Å². The third kappa shape index (κ3) is 2.32. The number of ether oxygens (including phenoxy) is 1. The molecule has 0 aliphatic rings. The number of carbonyl (C=O) groups excluding carboxylic acids is 2. The van der Waals surface area contributed by atoms with Crippen molar-refractivity contribution in [2.24, 2.45) is 0 Å². The summed E-state index contributed by atoms with van der Waals surface area (Å²) in [5.74, 6) is -0.506. The van der Waals surface area contributed by atoms with Crippen molar-refractivity contribution in [3.63, 3.8) is 0 Å². The van der Waals surface area contributed by atoms with Crippen LogP contribution in [0.4, 0.5) is 0 Å². The number of rotatable bonds is 3. The first-order chi connectivity index (χ1) is 6.65. The smallest absolute Gasteiger partial charge is 0.325 e. The summed E-state index contributed by atoms with van der Waals surface area (Å²) in [6, 6.07) is 0. The Morgan fingerprint density at radius 3 is 2.86 bits per heavy atom. The second-order valence-corrected chi connectivity index (χ2v) is 2.55. The van der Waals surface area contributed by atoms with Crippen LogP contribution in [0.3, 0.4) is 0 Å². The van der Waals surface area contributed by atoms with Crippen LogP contribution in [-0.4, -0.2) is 30.7 Å². The van der Waals surface area contributed by atoms with E-state index in [1.165, 1.54) is 13.3 Å². The van der Waals surface area contributed by atoms with E-state index in [1.807, 2.05) is 0 Å². The minimum absolute atomic E-state index is 0.167. The van der Waals surface area contributed by atoms with Crippen molar-refractivity contribution in [3.8, 4) is 0 Å². The average Bonchev–Trinajstić information content (AvgIpc) is 2.60. The van der Waals surface area contributed by atoms with E-state index < -0.39 is 11.9 Å². The molecule has 0 radical (unpaired) electrons. The number of aromatic nitrogens is 1. The monoisotopic (exact) mass is 198 g/mol. The van der Waals surface area contributed by atoms with Crippen molar-refractivity contribution in [3.05, 3.63) is 17.5 Å². The van der Waals surface area contributed by atoms with Crippen molar-refractivity contribution in [2.75, 3.05) is 13.7 Å². The van der Waals surface area contributed by atoms with Crippen LogP contribution in [0, 0.1) is 6.92 Å². The number of nitrogens with one attached hydrogen (secondary N) is 1. The molecular weight excluding hydrogens is 188 g/mol. The van der Waals surface area contributed by atoms with E-state index in [2.05, 4.69) is 15.2 Å². The summed E-state index contributed by atoms with van der Waals surface area (Å²) in [6.45, 7) is 1.44. The second kappa shape index (κ2) is 4.40. The van der Waals surface area contributed by atoms with Crippen LogP contribution in [0.25, 0.3) is 0 Å². The van der Waals surface area contributed by atoms with Gasteiger partial charge in [-0.3, -0.25) is 9.59 Å². The van der Waals surface area contributed by atoms with Crippen LogP contribution in [0.5, 0.6) is 0 Å². The van der Waals surface area contributed by atoms with Crippen LogP contribution in [0.1, 0.15) is 16.1 Å². The summed E-state index contributed by atoms with van der Waals surface area (Å²) in [4.78, 5) is 22.0. The molecule has 0 unspecified atom stereocenters. The van der Waals surface area contributed by atoms with Crippen molar-refractivity contribution < 1.29 is 18.8 Å². The molecule has 1 aromatic rings. The zero-order chi connectivity index (χ0) is 10.6. The molecular formula is C8H10N2O4. The van der Waals surface area contributed by atoms with Crippen LogP contribution in [0.2, 0.25) is 0 Å². The predicted molar refractivity (Wildman–Crippen MR) is 45.6 cm³/mol. The molecule has 0 aromatic carbocycles. The topological polar surface area (TPSA) is 81.4 Å². The minimum atomic E-state index is -0.507. The summed E-state index contributed by atoms with van der Waals surface area (Å²) >= 11 is 0. The molecule has 1 rings (SSSR count). The van der Waals surface area contributed by atoms with E-state index in [0.29, 0.717) is 11.3 Å². The maximum atomic E-state index is 11.3. The molecule has 76 valence electrons. The molecule has 6 nitrogen and oxygen atoms in total. The highest BCUT2D eigenvalue weighted by atomic mass is 16.5. The van der Waals surface area contributed by atoms with Crippen molar-refractivity contribution in [1.29, 1.82) is 0 Å². The lowest BCUT2D eigenvalue weighted by molar-refractivity contribution is -0.139. The Hall–Kier alpha value is -1.85. The number of nitrogens with zero attached hydrogens (tertiary/aromatic N) is 1. The third-order valence-electron chi connectivity index (χ3n) is 1.62. The second-order valence-electron chi connectivity index (χ2n) is 2.55. The lowest BCUT2D eigenvalue weighted by Crippen LogP contribution is -2.30. The fraction of sp³-hybridized carbons (Fsp3) is 0.375. The Bertz CT molecular complexity index is 345. The molecule has 6 heteroatoms. The van der Waals surface area contributed by atoms with E-state index in [4.69, 9.17) is 4.52 Å². The number of hydrogen-bond donors (Lipinski definition) is 1. The third-order valence-corrected chi connectivity index (χ3v) is 1.62. The highest BCUT2D eigenvalue weighted by Crippen LogP contribution is 2.04. The number of esters is 1. The molecule has 0 bridgehead atoms. The van der Waals surface area contributed by atoms with Crippen molar-refractivity contribution in [1.82, 2.24) is 10.5 Å². The van der Waals surface area contributed by atoms with Gasteiger partial charge in [-0.25, -0.2) is 0 Å². The van der Waals surface area contributed by atoms with Gasteiger partial charge in [0.05, 0.1) is 13.3 Å². The van der Waals surface area contributed by atoms with Gasteiger partial charge in [0, 0.05) is 0 Å². The number of amides is 1. The van der Waals surface area contributed by atoms with Crippen LogP contribution < -0.4 is 5.32 Å². The molecule has 1 heterocycles. The first kappa shape index (κ1) is 10.2. The molecule has 0 aliphatic heterocycles. The standard InChI is InChI=1S/C8H10N2O4/c1-5-6(3-10-14-5)8(12)9-4-7(11)13-2/h3H,4H2,1-2H3,(H,9,12). The van der Waals surface area contributed by atoms with Crippen LogP contribution >= 0.6 is 0 Å². The Morgan fingerprint density at radius 2 is 2.36 bits per heavy atom. The van der Waals surface area contributed by atoms with Gasteiger partial charge in [-0.05, 0) is 6.92 Å². The number of aryl methyl sites for hydroxylation is 1. The van der Waals surface area contributed by atoms with Gasteiger partial charge in [0.15, 0.2) is 0 Å². The molecule has 0 saturated carbocycles. The molecule has 1 amide bonds. The SMILES string of the molecule is COC(=O)CNC(=O)c1cnoc1C. The lowest BCUT2D eigenvalue weighted by Gasteiger charge is -2.01. The van der Waals surface area contributed by atoms with Gasteiger partial charge in [0.25, 0.3) is 5.91 Å². The van der Waals surface area contributed by atoms with Crippen LogP contribution in [-0.2, 0) is 9.53 Å². The van der Waals surface area contributed by atoms with E-state index >= 15 is 0 Å². The molecule has 0 spiro atoms. The van der Waals surface area contributed by atoms with E-state index in [1.54, 1.807) is 6.92 Å². The fourth-order valence-corrected chi connectivity index (χ4v) is 0.837. The van der Waals surface area contributed by atoms with E-state index in [0.717, 1.165) is 0 Å². The number of methoxy groups -OCH3 is 1. The molecule has 14 heavy (non-hydrogen) atoms. The Morgan fingerprint density at radius 1 is 1.64 bits per heavy atom. The first-order valence-corrected chi connectivity index (χ1v) is 3.91. The highest BCUT2D eigenvalue weighted by Gasteiger charge is 2.13. The number of hydrogen-bond acceptors (Lipinski definition) is 5. The Kier molecular flexibility index (Phi) is 3.22. The summed E-state index contributed by atoms with van der Waals surface area (Å²) in [5, 5.41) is 5.80. The summed E-state index contributed by atoms with van der Waals surface area (Å²) < 4.78 is 9.05. The fourth-order valence-electron chi connectivity index (χ4n) is 0.837. The van der Waals surface area contributed by atoms with Crippen molar-refractivity contribution >= 4 is 11.9 Å². The summed E-state index contributed by atoms with van der Waals surface area (Å²) in [7, 11) is 1.25. The number of carbonyl (C=O) groups is 2. The molecule has 0 aliphatic carbocycles. The maximum Gasteiger partial charge on any atom is 0.325 e. The predicted octanol–water partition coefficient (Wildman–Crippen LogP) is -0.114. The minimum Gasteiger partial charge on any atom is -0.468 e. The Labute approximate surface area is 80.2 Å². The van der Waals surface area contributed by atoms with Crippen molar-refractivity contribution in [2.45, 2.75) is 6.92 Å². The van der Waals surface area contributed by atoms with E-state index in [9.17, 15) is 9.59 Å². The maximum absolute atomic E-state index is 11.3. The summed E-state index contributed by atoms with van der Waals surface area (Å²) in [6.07, 6.45) is 1.29. The lowest BCUT2D eigenvalue weighted by atomic mass is 10.2. The van der Waals surface area contributed by atoms with Gasteiger partial charge in [0.2, 0.25) is 0 Å². The Balaban J connectivity index is 2.52. The zero-order valence-electron chi connectivity index (χ0n) is 7.86. The zero-order valence-corrected chi connectivity index (χ0v) is 7.86. The summed E-state index contributed by atoms with van der Waals surface area (Å²) in [5.41, 5.74) is 0.314. The first-order valence-electron chi connectivity index (χ1n) is 3.91. The highest BCUT2D eigenvalue weighted by molar-refractivity contribution is 5.96. The van der Waals surface area contributed by atoms with Gasteiger partial charge < -0.3 is 14.6 Å².